The first-order valence-electron chi connectivity index (χ1n) is 12.6. The number of nitrogens with zero attached hydrogens (tertiary/aromatic N) is 6. The van der Waals surface area contributed by atoms with E-state index in [1.807, 2.05) is 6.07 Å². The molecule has 196 valence electrons. The fourth-order valence-corrected chi connectivity index (χ4v) is 5.57. The molecule has 1 saturated heterocycles. The summed E-state index contributed by atoms with van der Waals surface area (Å²) >= 11 is 6.63. The summed E-state index contributed by atoms with van der Waals surface area (Å²) in [5, 5.41) is 20.3. The van der Waals surface area contributed by atoms with Gasteiger partial charge in [0.15, 0.2) is 0 Å². The number of benzene rings is 2. The number of imidazole rings is 1. The molecule has 2 aromatic carbocycles. The van der Waals surface area contributed by atoms with Crippen LogP contribution in [0.1, 0.15) is 24.7 Å². The number of likely N-dealkylation sites (tertiary alicyclic amines) is 1. The van der Waals surface area contributed by atoms with E-state index >= 15 is 4.39 Å². The van der Waals surface area contributed by atoms with Gasteiger partial charge in [-0.15, -0.1) is 0 Å². The molecule has 0 unspecified atom stereocenters. The maximum absolute atomic E-state index is 15.4. The van der Waals surface area contributed by atoms with Crippen molar-refractivity contribution in [1.82, 2.24) is 24.4 Å². The van der Waals surface area contributed by atoms with E-state index in [4.69, 9.17) is 21.6 Å². The number of rotatable bonds is 6. The van der Waals surface area contributed by atoms with Crippen LogP contribution in [0, 0.1) is 17.1 Å². The third-order valence-corrected chi connectivity index (χ3v) is 7.44. The number of fused-ring (bicyclic) bond motifs is 3. The molecule has 1 fully saturated rings. The summed E-state index contributed by atoms with van der Waals surface area (Å²) in [6.45, 7) is 1.71. The minimum absolute atomic E-state index is 0.0813. The van der Waals surface area contributed by atoms with Crippen LogP contribution in [0.5, 0.6) is 11.6 Å². The van der Waals surface area contributed by atoms with Crippen molar-refractivity contribution in [3.05, 3.63) is 77.6 Å². The van der Waals surface area contributed by atoms with Gasteiger partial charge in [-0.05, 0) is 37.1 Å². The van der Waals surface area contributed by atoms with Crippen molar-refractivity contribution in [1.29, 1.82) is 5.26 Å². The maximum Gasteiger partial charge on any atom is 0.219 e. The quantitative estimate of drug-likeness (QED) is 0.267. The van der Waals surface area contributed by atoms with Crippen LogP contribution >= 0.6 is 11.6 Å². The third kappa shape index (κ3) is 4.79. The smallest absolute Gasteiger partial charge is 0.219 e. The van der Waals surface area contributed by atoms with Crippen LogP contribution in [0.15, 0.2) is 60.9 Å². The average molecular weight is 543 g/mol. The molecule has 0 spiro atoms. The van der Waals surface area contributed by atoms with E-state index in [9.17, 15) is 5.11 Å². The van der Waals surface area contributed by atoms with Gasteiger partial charge in [0.2, 0.25) is 5.88 Å². The molecule has 0 atom stereocenters. The van der Waals surface area contributed by atoms with Crippen LogP contribution in [0.25, 0.3) is 33.1 Å². The number of pyridine rings is 2. The van der Waals surface area contributed by atoms with Gasteiger partial charge in [0.1, 0.15) is 29.5 Å². The van der Waals surface area contributed by atoms with Crippen molar-refractivity contribution >= 4 is 33.5 Å². The Kier molecular flexibility index (Phi) is 6.83. The highest BCUT2D eigenvalue weighted by Gasteiger charge is 2.26. The molecular weight excluding hydrogens is 519 g/mol. The summed E-state index contributed by atoms with van der Waals surface area (Å²) in [6.07, 6.45) is 4.87. The molecule has 39 heavy (non-hydrogen) atoms. The summed E-state index contributed by atoms with van der Waals surface area (Å²) in [5.41, 5.74) is 2.76. The SMILES string of the molecule is N#CCN1CCC(n2c(CO)nc3cnc4cc(F)c(-c5ccc(Oc6ccccn6)cc5Cl)cc4c32)CC1. The van der Waals surface area contributed by atoms with Crippen molar-refractivity contribution in [2.24, 2.45) is 0 Å². The number of aliphatic hydroxyl groups is 1. The molecule has 1 N–H and O–H groups in total. The number of aromatic nitrogens is 4. The zero-order valence-corrected chi connectivity index (χ0v) is 21.6. The lowest BCUT2D eigenvalue weighted by molar-refractivity contribution is 0.196. The standard InChI is InChI=1S/C29H24ClFN6O2/c30-23-13-19(39-28-3-1-2-9-33-28)4-5-20(23)21-14-22-25(15-24(21)31)34-16-26-29(22)37(27(17-38)35-26)18-6-10-36(11-7-18)12-8-32/h1-5,9,13-16,18,38H,6-7,10-12,17H2. The largest absolute Gasteiger partial charge is 0.439 e. The molecule has 3 aromatic heterocycles. The van der Waals surface area contributed by atoms with Crippen LogP contribution in [0.4, 0.5) is 4.39 Å². The Morgan fingerprint density at radius 1 is 1.08 bits per heavy atom. The van der Waals surface area contributed by atoms with E-state index in [1.54, 1.807) is 48.8 Å². The van der Waals surface area contributed by atoms with E-state index in [-0.39, 0.29) is 12.6 Å². The molecule has 10 heteroatoms. The normalized spacial score (nSPS) is 14.6. The number of piperidine rings is 1. The second kappa shape index (κ2) is 10.6. The van der Waals surface area contributed by atoms with Gasteiger partial charge in [0.05, 0.1) is 34.9 Å². The monoisotopic (exact) mass is 542 g/mol. The summed E-state index contributed by atoms with van der Waals surface area (Å²) < 4.78 is 23.3. The zero-order valence-electron chi connectivity index (χ0n) is 20.9. The highest BCUT2D eigenvalue weighted by Crippen LogP contribution is 2.38. The lowest BCUT2D eigenvalue weighted by Crippen LogP contribution is -2.35. The molecule has 0 amide bonds. The Balaban J connectivity index is 1.44. The third-order valence-electron chi connectivity index (χ3n) is 7.13. The van der Waals surface area contributed by atoms with Crippen molar-refractivity contribution in [2.45, 2.75) is 25.5 Å². The molecule has 0 saturated carbocycles. The number of aliphatic hydroxyl groups excluding tert-OH is 1. The Bertz CT molecular complexity index is 1710. The Hall–Kier alpha value is -4.10. The van der Waals surface area contributed by atoms with E-state index in [0.29, 0.717) is 51.2 Å². The molecular formula is C29H24ClFN6O2. The Morgan fingerprint density at radius 2 is 1.92 bits per heavy atom. The fraction of sp³-hybridized carbons (Fsp3) is 0.241. The average Bonchev–Trinajstić information content (AvgIpc) is 3.33. The molecule has 0 radical (unpaired) electrons. The van der Waals surface area contributed by atoms with Crippen molar-refractivity contribution in [3.63, 3.8) is 0 Å². The molecule has 1 aliphatic rings. The van der Waals surface area contributed by atoms with Crippen LogP contribution in [-0.4, -0.2) is 49.2 Å². The summed E-state index contributed by atoms with van der Waals surface area (Å²) in [5.74, 6) is 1.00. The molecule has 0 bridgehead atoms. The van der Waals surface area contributed by atoms with Crippen LogP contribution < -0.4 is 4.74 Å². The summed E-state index contributed by atoms with van der Waals surface area (Å²) in [6, 6.07) is 15.9. The van der Waals surface area contributed by atoms with Gasteiger partial charge in [-0.2, -0.15) is 5.26 Å². The zero-order chi connectivity index (χ0) is 26.9. The van der Waals surface area contributed by atoms with E-state index in [2.05, 4.69) is 30.5 Å². The highest BCUT2D eigenvalue weighted by molar-refractivity contribution is 6.33. The van der Waals surface area contributed by atoms with E-state index in [1.165, 1.54) is 6.07 Å². The van der Waals surface area contributed by atoms with Gasteiger partial charge < -0.3 is 14.4 Å². The van der Waals surface area contributed by atoms with Gasteiger partial charge in [-0.25, -0.2) is 14.4 Å². The Morgan fingerprint density at radius 3 is 2.64 bits per heavy atom. The number of nitriles is 1. The first kappa shape index (κ1) is 25.2. The van der Waals surface area contributed by atoms with Gasteiger partial charge in [-0.3, -0.25) is 9.88 Å². The van der Waals surface area contributed by atoms with Gasteiger partial charge >= 0.3 is 0 Å². The van der Waals surface area contributed by atoms with Crippen molar-refractivity contribution < 1.29 is 14.2 Å². The topological polar surface area (TPSA) is 100 Å². The highest BCUT2D eigenvalue weighted by atomic mass is 35.5. The first-order chi connectivity index (χ1) is 19.1. The Labute approximate surface area is 228 Å². The second-order valence-electron chi connectivity index (χ2n) is 9.47. The number of hydrogen-bond acceptors (Lipinski definition) is 7. The fourth-order valence-electron chi connectivity index (χ4n) is 5.30. The van der Waals surface area contributed by atoms with Crippen LogP contribution in [-0.2, 0) is 6.61 Å². The lowest BCUT2D eigenvalue weighted by Gasteiger charge is -2.32. The summed E-state index contributed by atoms with van der Waals surface area (Å²) in [7, 11) is 0. The van der Waals surface area contributed by atoms with Gasteiger partial charge in [0.25, 0.3) is 0 Å². The minimum Gasteiger partial charge on any atom is -0.439 e. The van der Waals surface area contributed by atoms with Crippen molar-refractivity contribution in [2.75, 3.05) is 19.6 Å². The van der Waals surface area contributed by atoms with Crippen LogP contribution in [0.3, 0.4) is 0 Å². The molecule has 1 aliphatic heterocycles. The van der Waals surface area contributed by atoms with E-state index < -0.39 is 5.82 Å². The molecule has 6 rings (SSSR count). The van der Waals surface area contributed by atoms with Gasteiger partial charge in [-0.1, -0.05) is 17.7 Å². The number of hydrogen-bond donors (Lipinski definition) is 1. The predicted molar refractivity (Wildman–Crippen MR) is 146 cm³/mol. The maximum atomic E-state index is 15.4. The van der Waals surface area contributed by atoms with Crippen LogP contribution in [0.2, 0.25) is 5.02 Å². The molecule has 8 nitrogen and oxygen atoms in total. The first-order valence-corrected chi connectivity index (χ1v) is 13.0. The van der Waals surface area contributed by atoms with E-state index in [0.717, 1.165) is 36.8 Å². The molecule has 0 aliphatic carbocycles. The predicted octanol–water partition coefficient (Wildman–Crippen LogP) is 5.88. The van der Waals surface area contributed by atoms with Gasteiger partial charge in [0, 0.05) is 60.0 Å². The molecule has 5 aromatic rings. The summed E-state index contributed by atoms with van der Waals surface area (Å²) in [4.78, 5) is 15.4. The number of ether oxygens (including phenoxy) is 1. The number of halogens is 2. The second-order valence-corrected chi connectivity index (χ2v) is 9.88. The lowest BCUT2D eigenvalue weighted by atomic mass is 10.0. The van der Waals surface area contributed by atoms with Crippen molar-refractivity contribution in [3.8, 4) is 28.8 Å². The molecule has 4 heterocycles. The minimum atomic E-state index is -0.451.